The van der Waals surface area contributed by atoms with Gasteiger partial charge in [0.05, 0.1) is 18.7 Å². The van der Waals surface area contributed by atoms with Crippen molar-refractivity contribution in [1.29, 1.82) is 0 Å². The van der Waals surface area contributed by atoms with Gasteiger partial charge in [0.15, 0.2) is 0 Å². The van der Waals surface area contributed by atoms with Crippen molar-refractivity contribution in [2.24, 2.45) is 11.8 Å². The molecular formula is C21H24N2O3. The minimum atomic E-state index is -0.323. The molecule has 2 aliphatic heterocycles. The van der Waals surface area contributed by atoms with Crippen molar-refractivity contribution in [3.63, 3.8) is 0 Å². The Morgan fingerprint density at radius 1 is 1.50 bits per heavy atom. The molecule has 0 unspecified atom stereocenters. The molecule has 0 spiro atoms. The average molecular weight is 352 g/mol. The molecule has 5 nitrogen and oxygen atoms in total. The largest absolute Gasteiger partial charge is 0.466 e. The Hall–Kier alpha value is -2.53. The summed E-state index contributed by atoms with van der Waals surface area (Å²) in [6.45, 7) is 4.68. The average Bonchev–Trinajstić information content (AvgIpc) is 3.07. The van der Waals surface area contributed by atoms with Gasteiger partial charge in [-0.05, 0) is 24.5 Å². The zero-order valence-electron chi connectivity index (χ0n) is 14.9. The summed E-state index contributed by atoms with van der Waals surface area (Å²) < 4.78 is 5.00. The van der Waals surface area contributed by atoms with Gasteiger partial charge >= 0.3 is 5.97 Å². The second-order valence-electron chi connectivity index (χ2n) is 7.07. The standard InChI is InChI=1S/C21H24N2O3/c1-3-13(12-24)16-10-19-20-15(14-6-4-5-7-18(14)22-20)8-9-23(19)11-17(16)21(25)26-2/h3-7,11,13,16,19,22,24H,1,8-10,12H2,2H3/t13-,16-,19-/m0/s1. The monoisotopic (exact) mass is 352 g/mol. The Bertz CT molecular complexity index is 883. The molecule has 0 saturated heterocycles. The summed E-state index contributed by atoms with van der Waals surface area (Å²) in [6.07, 6.45) is 5.37. The summed E-state index contributed by atoms with van der Waals surface area (Å²) in [5.41, 5.74) is 4.38. The van der Waals surface area contributed by atoms with E-state index in [0.717, 1.165) is 24.9 Å². The lowest BCUT2D eigenvalue weighted by Crippen LogP contribution is -2.40. The zero-order chi connectivity index (χ0) is 18.3. The molecule has 26 heavy (non-hydrogen) atoms. The number of rotatable bonds is 4. The molecule has 0 bridgehead atoms. The van der Waals surface area contributed by atoms with E-state index in [-0.39, 0.29) is 30.5 Å². The number of aliphatic hydroxyl groups is 1. The first-order valence-corrected chi connectivity index (χ1v) is 9.06. The number of aromatic nitrogens is 1. The van der Waals surface area contributed by atoms with Crippen molar-refractivity contribution in [2.75, 3.05) is 20.3 Å². The molecule has 136 valence electrons. The molecule has 0 amide bonds. The first kappa shape index (κ1) is 16.9. The Morgan fingerprint density at radius 2 is 2.31 bits per heavy atom. The summed E-state index contributed by atoms with van der Waals surface area (Å²) in [6, 6.07) is 8.55. The maximum Gasteiger partial charge on any atom is 0.335 e. The van der Waals surface area contributed by atoms with Gasteiger partial charge in [0.1, 0.15) is 0 Å². The number of H-pyrrole nitrogens is 1. The third-order valence-electron chi connectivity index (χ3n) is 5.83. The maximum atomic E-state index is 12.3. The molecule has 0 fully saturated rings. The van der Waals surface area contributed by atoms with Gasteiger partial charge in [-0.1, -0.05) is 24.3 Å². The number of nitrogens with zero attached hydrogens (tertiary/aromatic N) is 1. The van der Waals surface area contributed by atoms with E-state index >= 15 is 0 Å². The van der Waals surface area contributed by atoms with Gasteiger partial charge in [0.25, 0.3) is 0 Å². The number of esters is 1. The molecule has 3 heterocycles. The number of methoxy groups -OCH3 is 1. The molecule has 2 aromatic rings. The Labute approximate surface area is 153 Å². The van der Waals surface area contributed by atoms with Crippen LogP contribution in [0.1, 0.15) is 23.7 Å². The predicted octanol–water partition coefficient (Wildman–Crippen LogP) is 2.94. The smallest absolute Gasteiger partial charge is 0.335 e. The van der Waals surface area contributed by atoms with Crippen LogP contribution in [0.4, 0.5) is 0 Å². The van der Waals surface area contributed by atoms with Crippen LogP contribution in [0.3, 0.4) is 0 Å². The van der Waals surface area contributed by atoms with Crippen LogP contribution in [0, 0.1) is 11.8 Å². The summed E-state index contributed by atoms with van der Waals surface area (Å²) in [5.74, 6) is -0.600. The van der Waals surface area contributed by atoms with Crippen molar-refractivity contribution >= 4 is 16.9 Å². The Morgan fingerprint density at radius 3 is 3.04 bits per heavy atom. The molecule has 2 N–H and O–H groups in total. The first-order valence-electron chi connectivity index (χ1n) is 9.06. The van der Waals surface area contributed by atoms with E-state index < -0.39 is 0 Å². The van der Waals surface area contributed by atoms with Crippen molar-refractivity contribution < 1.29 is 14.6 Å². The fraction of sp³-hybridized carbons (Fsp3) is 0.381. The number of aliphatic hydroxyl groups excluding tert-OH is 1. The number of para-hydroxylation sites is 1. The fourth-order valence-corrected chi connectivity index (χ4v) is 4.48. The van der Waals surface area contributed by atoms with Gasteiger partial charge in [0.2, 0.25) is 0 Å². The molecule has 0 aliphatic carbocycles. The minimum Gasteiger partial charge on any atom is -0.466 e. The van der Waals surface area contributed by atoms with E-state index in [2.05, 4.69) is 34.7 Å². The number of hydrogen-bond donors (Lipinski definition) is 2. The molecule has 5 heteroatoms. The van der Waals surface area contributed by atoms with Crippen LogP contribution in [0.5, 0.6) is 0 Å². The molecule has 2 aliphatic rings. The lowest BCUT2D eigenvalue weighted by molar-refractivity contribution is -0.137. The minimum absolute atomic E-state index is 0.0330. The highest BCUT2D eigenvalue weighted by atomic mass is 16.5. The number of nitrogens with one attached hydrogen (secondary N) is 1. The number of carbonyl (C=O) groups is 1. The van der Waals surface area contributed by atoms with Crippen LogP contribution in [0.25, 0.3) is 10.9 Å². The summed E-state index contributed by atoms with van der Waals surface area (Å²) in [4.78, 5) is 18.2. The molecular weight excluding hydrogens is 328 g/mol. The predicted molar refractivity (Wildman–Crippen MR) is 100 cm³/mol. The van der Waals surface area contributed by atoms with Crippen LogP contribution in [0.15, 0.2) is 48.7 Å². The van der Waals surface area contributed by atoms with Crippen molar-refractivity contribution in [1.82, 2.24) is 9.88 Å². The lowest BCUT2D eigenvalue weighted by atomic mass is 9.77. The van der Waals surface area contributed by atoms with E-state index in [4.69, 9.17) is 4.74 Å². The molecule has 3 atom stereocenters. The van der Waals surface area contributed by atoms with Crippen LogP contribution in [-0.2, 0) is 16.0 Å². The summed E-state index contributed by atoms with van der Waals surface area (Å²) in [5, 5.41) is 11.1. The van der Waals surface area contributed by atoms with E-state index in [1.54, 1.807) is 6.08 Å². The van der Waals surface area contributed by atoms with Gasteiger partial charge in [-0.2, -0.15) is 0 Å². The molecule has 4 rings (SSSR count). The summed E-state index contributed by atoms with van der Waals surface area (Å²) in [7, 11) is 1.40. The third-order valence-corrected chi connectivity index (χ3v) is 5.83. The van der Waals surface area contributed by atoms with Gasteiger partial charge in [-0.25, -0.2) is 4.79 Å². The topological polar surface area (TPSA) is 65.6 Å². The van der Waals surface area contributed by atoms with E-state index in [0.29, 0.717) is 5.57 Å². The quantitative estimate of drug-likeness (QED) is 0.656. The Balaban J connectivity index is 1.79. The third kappa shape index (κ3) is 2.54. The van der Waals surface area contributed by atoms with Crippen LogP contribution >= 0.6 is 0 Å². The van der Waals surface area contributed by atoms with Crippen LogP contribution in [0.2, 0.25) is 0 Å². The van der Waals surface area contributed by atoms with E-state index in [1.807, 2.05) is 12.3 Å². The number of benzene rings is 1. The van der Waals surface area contributed by atoms with Gasteiger partial charge in [0, 0.05) is 47.8 Å². The molecule has 0 radical (unpaired) electrons. The van der Waals surface area contributed by atoms with Crippen molar-refractivity contribution in [3.05, 3.63) is 60.0 Å². The highest BCUT2D eigenvalue weighted by Gasteiger charge is 2.40. The Kier molecular flexibility index (Phi) is 4.32. The second kappa shape index (κ2) is 6.65. The molecule has 1 aromatic carbocycles. The lowest BCUT2D eigenvalue weighted by Gasteiger charge is -2.43. The normalized spacial score (nSPS) is 23.0. The van der Waals surface area contributed by atoms with E-state index in [1.165, 1.54) is 23.8 Å². The van der Waals surface area contributed by atoms with Crippen molar-refractivity contribution in [3.8, 4) is 0 Å². The highest BCUT2D eigenvalue weighted by molar-refractivity contribution is 5.89. The highest BCUT2D eigenvalue weighted by Crippen LogP contribution is 2.44. The van der Waals surface area contributed by atoms with Gasteiger partial charge in [-0.3, -0.25) is 0 Å². The number of aromatic amines is 1. The number of fused-ring (bicyclic) bond motifs is 5. The zero-order valence-corrected chi connectivity index (χ0v) is 14.9. The van der Waals surface area contributed by atoms with E-state index in [9.17, 15) is 9.90 Å². The van der Waals surface area contributed by atoms with Crippen molar-refractivity contribution in [2.45, 2.75) is 18.9 Å². The molecule has 0 saturated carbocycles. The first-order chi connectivity index (χ1) is 12.7. The van der Waals surface area contributed by atoms with Crippen LogP contribution in [-0.4, -0.2) is 41.2 Å². The number of carbonyl (C=O) groups excluding carboxylic acids is 1. The molecule has 1 aromatic heterocycles. The summed E-state index contributed by atoms with van der Waals surface area (Å²) >= 11 is 0. The second-order valence-corrected chi connectivity index (χ2v) is 7.07. The number of ether oxygens (including phenoxy) is 1. The number of hydrogen-bond acceptors (Lipinski definition) is 4. The fourth-order valence-electron chi connectivity index (χ4n) is 4.48. The maximum absolute atomic E-state index is 12.3. The van der Waals surface area contributed by atoms with Gasteiger partial charge < -0.3 is 19.7 Å². The van der Waals surface area contributed by atoms with Gasteiger partial charge in [-0.15, -0.1) is 6.58 Å². The van der Waals surface area contributed by atoms with Crippen LogP contribution < -0.4 is 0 Å². The SMILES string of the molecule is C=C[C@@H](CO)[C@@H]1C[C@H]2c3[nH]c4ccccc4c3CCN2C=C1C(=O)OC.